The molecule has 0 unspecified atom stereocenters. The van der Waals surface area contributed by atoms with E-state index in [1.165, 1.54) is 14.7 Å². The third-order valence-corrected chi connectivity index (χ3v) is 11.4. The van der Waals surface area contributed by atoms with Crippen molar-refractivity contribution in [2.45, 2.75) is 114 Å². The monoisotopic (exact) mass is 770 g/mol. The van der Waals surface area contributed by atoms with E-state index < -0.39 is 72.5 Å². The Bertz CT molecular complexity index is 1760. The maximum Gasteiger partial charge on any atom is 0.328 e. The summed E-state index contributed by atoms with van der Waals surface area (Å²) in [6.45, 7) is 3.76. The molecule has 3 N–H and O–H groups in total. The molecule has 4 fully saturated rings. The predicted molar refractivity (Wildman–Crippen MR) is 205 cm³/mol. The minimum Gasteiger partial charge on any atom is -0.461 e. The number of amides is 6. The van der Waals surface area contributed by atoms with E-state index in [9.17, 15) is 33.6 Å². The number of ether oxygens (including phenoxy) is 1. The molecular formula is C42H54N6O8. The predicted octanol–water partition coefficient (Wildman–Crippen LogP) is 1.89. The Morgan fingerprint density at radius 2 is 1.45 bits per heavy atom. The van der Waals surface area contributed by atoms with Gasteiger partial charge in [-0.2, -0.15) is 0 Å². The Morgan fingerprint density at radius 3 is 2.18 bits per heavy atom. The molecule has 0 saturated carbocycles. The smallest absolute Gasteiger partial charge is 0.328 e. The van der Waals surface area contributed by atoms with Crippen molar-refractivity contribution in [3.8, 4) is 0 Å². The molecule has 14 nitrogen and oxygen atoms in total. The lowest BCUT2D eigenvalue weighted by molar-refractivity contribution is -0.158. The lowest BCUT2D eigenvalue weighted by Gasteiger charge is -2.39. The number of nitrogens with zero attached hydrogens (tertiary/aromatic N) is 3. The second-order valence-electron chi connectivity index (χ2n) is 15.7. The number of piperidine rings is 1. The summed E-state index contributed by atoms with van der Waals surface area (Å²) >= 11 is 0. The van der Waals surface area contributed by atoms with Crippen molar-refractivity contribution < 1.29 is 38.3 Å². The highest BCUT2D eigenvalue weighted by molar-refractivity contribution is 5.97. The summed E-state index contributed by atoms with van der Waals surface area (Å²) < 4.78 is 5.76. The number of hydrogen-bond acceptors (Lipinski definition) is 8. The molecule has 300 valence electrons. The number of nitrogens with one attached hydrogen (secondary N) is 3. The Morgan fingerprint density at radius 1 is 0.786 bits per heavy atom. The molecule has 2 aromatic rings. The minimum atomic E-state index is -1.40. The molecule has 7 atom stereocenters. The maximum atomic E-state index is 14.5. The van der Waals surface area contributed by atoms with Gasteiger partial charge in [0.25, 0.3) is 0 Å². The van der Waals surface area contributed by atoms with Gasteiger partial charge in [0.2, 0.25) is 35.4 Å². The molecule has 0 radical (unpaired) electrons. The first-order chi connectivity index (χ1) is 27.0. The van der Waals surface area contributed by atoms with Crippen molar-refractivity contribution in [3.63, 3.8) is 0 Å². The summed E-state index contributed by atoms with van der Waals surface area (Å²) in [7, 11) is 0. The van der Waals surface area contributed by atoms with Crippen LogP contribution in [0, 0.1) is 5.92 Å². The Kier molecular flexibility index (Phi) is 13.4. The molecule has 0 bridgehead atoms. The average molecular weight is 771 g/mol. The van der Waals surface area contributed by atoms with Crippen LogP contribution in [0.25, 0.3) is 0 Å². The molecule has 4 heterocycles. The van der Waals surface area contributed by atoms with Gasteiger partial charge in [-0.25, -0.2) is 4.79 Å². The third-order valence-electron chi connectivity index (χ3n) is 11.4. The Balaban J connectivity index is 1.26. The van der Waals surface area contributed by atoms with Gasteiger partial charge in [0.15, 0.2) is 0 Å². The standard InChI is InChI=1S/C42H54N6O8/c1-27-23-35-42(55)56-26-32(45-37(50)31(24-30-15-7-4-8-16-30)44-36(49)20-11-17-29-13-5-3-6-14-29)40(53)47-22-12-19-34(47)41(54)46-21-10-9-18-33(46)38(51)43-28(2)39(52)48(35)25-27/h3-8,13-16,27-28,31-35H,9-12,17-26H2,1-2H3,(H,43,51)(H,44,49)(H,45,50)/t27-,28-,31-,32-,33-,34-,35-/m0/s1. The van der Waals surface area contributed by atoms with E-state index in [0.29, 0.717) is 51.5 Å². The van der Waals surface area contributed by atoms with Crippen molar-refractivity contribution in [1.29, 1.82) is 0 Å². The SMILES string of the molecule is C[C@H]1C[C@H]2C(=O)OC[C@H](NC(=O)[C@H](Cc3ccccc3)NC(=O)CCCc3ccccc3)C(=O)N3CCC[C@H]3C(=O)N3CCCC[C@H]3C(=O)N[C@@H](C)C(=O)N2C1. The van der Waals surface area contributed by atoms with E-state index in [-0.39, 0.29) is 43.7 Å². The fraction of sp³-hybridized carbons (Fsp3) is 0.548. The van der Waals surface area contributed by atoms with Crippen LogP contribution in [-0.2, 0) is 51.1 Å². The molecule has 4 aliphatic heterocycles. The highest BCUT2D eigenvalue weighted by atomic mass is 16.5. The van der Waals surface area contributed by atoms with Gasteiger partial charge in [0.05, 0.1) is 0 Å². The number of carbonyl (C=O) groups is 7. The van der Waals surface area contributed by atoms with E-state index in [1.54, 1.807) is 6.92 Å². The highest BCUT2D eigenvalue weighted by Crippen LogP contribution is 2.28. The fourth-order valence-electron chi connectivity index (χ4n) is 8.41. The normalized spacial score (nSPS) is 26.8. The quantitative estimate of drug-likeness (QED) is 0.325. The molecule has 2 aromatic carbocycles. The van der Waals surface area contributed by atoms with Gasteiger partial charge >= 0.3 is 5.97 Å². The number of cyclic esters (lactones) is 1. The van der Waals surface area contributed by atoms with Crippen LogP contribution in [0.4, 0.5) is 0 Å². The number of aryl methyl sites for hydroxylation is 1. The van der Waals surface area contributed by atoms with Crippen LogP contribution < -0.4 is 16.0 Å². The highest BCUT2D eigenvalue weighted by Gasteiger charge is 2.46. The van der Waals surface area contributed by atoms with Gasteiger partial charge in [-0.3, -0.25) is 28.8 Å². The van der Waals surface area contributed by atoms with Crippen LogP contribution >= 0.6 is 0 Å². The molecule has 14 heteroatoms. The zero-order chi connectivity index (χ0) is 39.8. The molecular weight excluding hydrogens is 716 g/mol. The van der Waals surface area contributed by atoms with Crippen LogP contribution in [0.15, 0.2) is 60.7 Å². The van der Waals surface area contributed by atoms with E-state index >= 15 is 0 Å². The van der Waals surface area contributed by atoms with E-state index in [0.717, 1.165) is 17.5 Å². The molecule has 0 aromatic heterocycles. The molecule has 0 spiro atoms. The maximum absolute atomic E-state index is 14.5. The number of rotatable bonds is 9. The van der Waals surface area contributed by atoms with Gasteiger partial charge in [-0.1, -0.05) is 67.6 Å². The van der Waals surface area contributed by atoms with Crippen LogP contribution in [0.3, 0.4) is 0 Å². The first-order valence-electron chi connectivity index (χ1n) is 20.1. The number of esters is 1. The molecule has 4 aliphatic rings. The number of hydrogen-bond donors (Lipinski definition) is 3. The van der Waals surface area contributed by atoms with E-state index in [1.807, 2.05) is 67.6 Å². The lowest BCUT2D eigenvalue weighted by atomic mass is 9.99. The minimum absolute atomic E-state index is 0.0366. The summed E-state index contributed by atoms with van der Waals surface area (Å²) in [5.41, 5.74) is 1.88. The molecule has 6 amide bonds. The number of fused-ring (bicyclic) bond motifs is 3. The second kappa shape index (κ2) is 18.6. The summed E-state index contributed by atoms with van der Waals surface area (Å²) in [6.07, 6.45) is 4.58. The van der Waals surface area contributed by atoms with Crippen LogP contribution in [0.2, 0.25) is 0 Å². The van der Waals surface area contributed by atoms with Crippen LogP contribution in [0.5, 0.6) is 0 Å². The fourth-order valence-corrected chi connectivity index (χ4v) is 8.41. The molecule has 6 rings (SSSR count). The number of benzene rings is 2. The molecule has 0 aliphatic carbocycles. The first-order valence-corrected chi connectivity index (χ1v) is 20.1. The van der Waals surface area contributed by atoms with Crippen molar-refractivity contribution in [2.75, 3.05) is 26.2 Å². The van der Waals surface area contributed by atoms with Crippen LogP contribution in [-0.4, -0.2) is 119 Å². The largest absolute Gasteiger partial charge is 0.461 e. The van der Waals surface area contributed by atoms with E-state index in [2.05, 4.69) is 16.0 Å². The number of carbonyl (C=O) groups excluding carboxylic acids is 7. The Labute approximate surface area is 328 Å². The van der Waals surface area contributed by atoms with Crippen LogP contribution in [0.1, 0.15) is 76.3 Å². The van der Waals surface area contributed by atoms with Gasteiger partial charge in [-0.15, -0.1) is 0 Å². The summed E-state index contributed by atoms with van der Waals surface area (Å²) in [4.78, 5) is 102. The lowest BCUT2D eigenvalue weighted by Crippen LogP contribution is -2.62. The summed E-state index contributed by atoms with van der Waals surface area (Å²) in [6, 6.07) is 12.9. The van der Waals surface area contributed by atoms with Crippen molar-refractivity contribution in [3.05, 3.63) is 71.8 Å². The average Bonchev–Trinajstić information content (AvgIpc) is 3.86. The third kappa shape index (κ3) is 9.75. The zero-order valence-electron chi connectivity index (χ0n) is 32.3. The molecule has 56 heavy (non-hydrogen) atoms. The molecule has 4 saturated heterocycles. The first kappa shape index (κ1) is 40.4. The second-order valence-corrected chi connectivity index (χ2v) is 15.7. The summed E-state index contributed by atoms with van der Waals surface area (Å²) in [5.74, 6) is -3.63. The van der Waals surface area contributed by atoms with Gasteiger partial charge in [-0.05, 0) is 75.3 Å². The zero-order valence-corrected chi connectivity index (χ0v) is 32.3. The summed E-state index contributed by atoms with van der Waals surface area (Å²) in [5, 5.41) is 8.45. The van der Waals surface area contributed by atoms with Gasteiger partial charge in [0.1, 0.15) is 42.9 Å². The van der Waals surface area contributed by atoms with Crippen molar-refractivity contribution >= 4 is 41.4 Å². The van der Waals surface area contributed by atoms with Crippen molar-refractivity contribution in [2.24, 2.45) is 5.92 Å². The topological polar surface area (TPSA) is 175 Å². The van der Waals surface area contributed by atoms with E-state index in [4.69, 9.17) is 4.74 Å². The van der Waals surface area contributed by atoms with Crippen molar-refractivity contribution in [1.82, 2.24) is 30.7 Å². The Hall–Kier alpha value is -5.27. The van der Waals surface area contributed by atoms with Gasteiger partial charge < -0.3 is 35.4 Å². The van der Waals surface area contributed by atoms with Gasteiger partial charge in [0, 0.05) is 32.5 Å².